The van der Waals surface area contributed by atoms with Gasteiger partial charge in [-0.15, -0.1) is 11.6 Å². The second kappa shape index (κ2) is 4.12. The number of hydrogen-bond donors (Lipinski definition) is 0. The van der Waals surface area contributed by atoms with E-state index >= 15 is 0 Å². The van der Waals surface area contributed by atoms with Gasteiger partial charge in [0.05, 0.1) is 5.88 Å². The van der Waals surface area contributed by atoms with Crippen molar-refractivity contribution in [1.82, 2.24) is 0 Å². The lowest BCUT2D eigenvalue weighted by atomic mass is 10.1. The van der Waals surface area contributed by atoms with Crippen LogP contribution in [0.2, 0.25) is 0 Å². The van der Waals surface area contributed by atoms with Gasteiger partial charge in [0.15, 0.2) is 5.79 Å². The molecule has 3 heteroatoms. The van der Waals surface area contributed by atoms with E-state index in [1.165, 1.54) is 0 Å². The average molecular weight is 227 g/mol. The van der Waals surface area contributed by atoms with Crippen LogP contribution in [-0.4, -0.2) is 17.8 Å². The molecule has 1 aromatic rings. The van der Waals surface area contributed by atoms with Crippen LogP contribution in [0.5, 0.6) is 0 Å². The van der Waals surface area contributed by atoms with E-state index in [0.717, 1.165) is 5.56 Å². The molecule has 0 aliphatic carbocycles. The van der Waals surface area contributed by atoms with E-state index in [1.807, 2.05) is 44.2 Å². The maximum atomic E-state index is 5.87. The summed E-state index contributed by atoms with van der Waals surface area (Å²) in [6.07, 6.45) is -0.122. The minimum atomic E-state index is -0.542. The largest absolute Gasteiger partial charge is 0.343 e. The van der Waals surface area contributed by atoms with Gasteiger partial charge >= 0.3 is 0 Å². The Morgan fingerprint density at radius 2 is 1.87 bits per heavy atom. The van der Waals surface area contributed by atoms with Crippen molar-refractivity contribution in [3.8, 4) is 0 Å². The molecule has 0 bridgehead atoms. The highest BCUT2D eigenvalue weighted by atomic mass is 35.5. The molecule has 2 rings (SSSR count). The molecule has 1 aliphatic rings. The Hall–Kier alpha value is -0.570. The topological polar surface area (TPSA) is 18.5 Å². The molecule has 2 atom stereocenters. The van der Waals surface area contributed by atoms with Gasteiger partial charge in [-0.05, 0) is 19.4 Å². The Balaban J connectivity index is 2.22. The fraction of sp³-hybridized carbons (Fsp3) is 0.500. The van der Waals surface area contributed by atoms with Crippen molar-refractivity contribution in [1.29, 1.82) is 0 Å². The van der Waals surface area contributed by atoms with Gasteiger partial charge in [-0.2, -0.15) is 0 Å². The number of benzene rings is 1. The summed E-state index contributed by atoms with van der Waals surface area (Å²) in [4.78, 5) is 0. The molecule has 0 radical (unpaired) electrons. The van der Waals surface area contributed by atoms with E-state index in [-0.39, 0.29) is 12.2 Å². The third kappa shape index (κ3) is 2.33. The summed E-state index contributed by atoms with van der Waals surface area (Å²) < 4.78 is 11.5. The normalized spacial score (nSPS) is 29.3. The highest BCUT2D eigenvalue weighted by molar-refractivity contribution is 6.18. The molecule has 82 valence electrons. The van der Waals surface area contributed by atoms with Crippen LogP contribution in [-0.2, 0) is 9.47 Å². The first kappa shape index (κ1) is 10.9. The van der Waals surface area contributed by atoms with E-state index in [1.54, 1.807) is 0 Å². The predicted octanol–water partition coefficient (Wildman–Crippen LogP) is 3.12. The van der Waals surface area contributed by atoms with E-state index in [9.17, 15) is 0 Å². The Kier molecular flexibility index (Phi) is 3.01. The van der Waals surface area contributed by atoms with Gasteiger partial charge in [-0.25, -0.2) is 0 Å². The first-order chi connectivity index (χ1) is 7.12. The van der Waals surface area contributed by atoms with Crippen molar-refractivity contribution in [2.24, 2.45) is 0 Å². The quantitative estimate of drug-likeness (QED) is 0.722. The van der Waals surface area contributed by atoms with Gasteiger partial charge in [0.1, 0.15) is 12.2 Å². The van der Waals surface area contributed by atoms with Crippen LogP contribution in [0.15, 0.2) is 30.3 Å². The van der Waals surface area contributed by atoms with Crippen LogP contribution in [0.3, 0.4) is 0 Å². The zero-order valence-corrected chi connectivity index (χ0v) is 9.70. The first-order valence-electron chi connectivity index (χ1n) is 5.09. The Morgan fingerprint density at radius 3 is 2.47 bits per heavy atom. The lowest BCUT2D eigenvalue weighted by molar-refractivity contribution is -0.145. The lowest BCUT2D eigenvalue weighted by Crippen LogP contribution is -2.21. The molecule has 0 N–H and O–H groups in total. The zero-order valence-electron chi connectivity index (χ0n) is 8.94. The summed E-state index contributed by atoms with van der Waals surface area (Å²) in [6.45, 7) is 3.82. The second-order valence-corrected chi connectivity index (χ2v) is 4.47. The van der Waals surface area contributed by atoms with Gasteiger partial charge in [0.2, 0.25) is 0 Å². The van der Waals surface area contributed by atoms with Gasteiger partial charge in [0.25, 0.3) is 0 Å². The van der Waals surface area contributed by atoms with Gasteiger partial charge in [-0.1, -0.05) is 30.3 Å². The zero-order chi connectivity index (χ0) is 10.9. The monoisotopic (exact) mass is 226 g/mol. The summed E-state index contributed by atoms with van der Waals surface area (Å²) in [6, 6.07) is 10.1. The number of halogens is 1. The lowest BCUT2D eigenvalue weighted by Gasteiger charge is -2.16. The van der Waals surface area contributed by atoms with Gasteiger partial charge in [0, 0.05) is 0 Å². The van der Waals surface area contributed by atoms with Crippen molar-refractivity contribution >= 4 is 11.6 Å². The van der Waals surface area contributed by atoms with Crippen LogP contribution >= 0.6 is 11.6 Å². The summed E-state index contributed by atoms with van der Waals surface area (Å²) in [5.41, 5.74) is 1.12. The third-order valence-electron chi connectivity index (χ3n) is 2.46. The maximum Gasteiger partial charge on any atom is 0.164 e. The van der Waals surface area contributed by atoms with Crippen LogP contribution in [0.4, 0.5) is 0 Å². The number of alkyl halides is 1. The van der Waals surface area contributed by atoms with Gasteiger partial charge in [-0.3, -0.25) is 0 Å². The molecule has 0 spiro atoms. The van der Waals surface area contributed by atoms with Crippen molar-refractivity contribution in [2.45, 2.75) is 31.8 Å². The smallest absolute Gasteiger partial charge is 0.164 e. The molecule has 0 amide bonds. The molecule has 0 aromatic heterocycles. The number of rotatable bonds is 2. The highest BCUT2D eigenvalue weighted by Crippen LogP contribution is 2.38. The summed E-state index contributed by atoms with van der Waals surface area (Å²) in [5.74, 6) is -0.0942. The molecule has 2 nitrogen and oxygen atoms in total. The highest BCUT2D eigenvalue weighted by Gasteiger charge is 2.41. The maximum absolute atomic E-state index is 5.87. The van der Waals surface area contributed by atoms with Crippen molar-refractivity contribution < 1.29 is 9.47 Å². The standard InChI is InChI=1S/C12H15ClO2/c1-12(2)14-10(8-13)11(15-12)9-6-4-3-5-7-9/h3-7,10-11H,8H2,1-2H3/t10-,11-/m0/s1. The van der Waals surface area contributed by atoms with E-state index < -0.39 is 5.79 Å². The molecule has 1 fully saturated rings. The Labute approximate surface area is 95.1 Å². The molecule has 1 heterocycles. The average Bonchev–Trinajstić information content (AvgIpc) is 2.55. The van der Waals surface area contributed by atoms with Crippen molar-refractivity contribution in [3.05, 3.63) is 35.9 Å². The fourth-order valence-corrected chi connectivity index (χ4v) is 2.10. The second-order valence-electron chi connectivity index (χ2n) is 4.16. The van der Waals surface area contributed by atoms with Crippen molar-refractivity contribution in [2.75, 3.05) is 5.88 Å². The summed E-state index contributed by atoms with van der Waals surface area (Å²) >= 11 is 5.87. The molecule has 15 heavy (non-hydrogen) atoms. The number of ether oxygens (including phenoxy) is 2. The molecular weight excluding hydrogens is 212 g/mol. The summed E-state index contributed by atoms with van der Waals surface area (Å²) in [5, 5.41) is 0. The molecule has 0 saturated carbocycles. The van der Waals surface area contributed by atoms with Crippen LogP contribution < -0.4 is 0 Å². The summed E-state index contributed by atoms with van der Waals surface area (Å²) in [7, 11) is 0. The Bertz CT molecular complexity index is 324. The SMILES string of the molecule is CC1(C)O[C@@H](CCl)[C@H](c2ccccc2)O1. The molecule has 1 saturated heterocycles. The predicted molar refractivity (Wildman–Crippen MR) is 59.9 cm³/mol. The minimum absolute atomic E-state index is 0.0568. The Morgan fingerprint density at radius 1 is 1.20 bits per heavy atom. The molecule has 1 aromatic carbocycles. The van der Waals surface area contributed by atoms with E-state index in [4.69, 9.17) is 21.1 Å². The molecule has 1 aliphatic heterocycles. The molecular formula is C12H15ClO2. The van der Waals surface area contributed by atoms with E-state index in [0.29, 0.717) is 5.88 Å². The number of hydrogen-bond acceptors (Lipinski definition) is 2. The fourth-order valence-electron chi connectivity index (χ4n) is 1.87. The molecule has 0 unspecified atom stereocenters. The third-order valence-corrected chi connectivity index (χ3v) is 2.77. The van der Waals surface area contributed by atoms with Crippen LogP contribution in [0, 0.1) is 0 Å². The van der Waals surface area contributed by atoms with Crippen LogP contribution in [0.1, 0.15) is 25.5 Å². The van der Waals surface area contributed by atoms with Crippen LogP contribution in [0.25, 0.3) is 0 Å². The van der Waals surface area contributed by atoms with Crippen molar-refractivity contribution in [3.63, 3.8) is 0 Å². The van der Waals surface area contributed by atoms with E-state index in [2.05, 4.69) is 0 Å². The minimum Gasteiger partial charge on any atom is -0.343 e. The first-order valence-corrected chi connectivity index (χ1v) is 5.62. The van der Waals surface area contributed by atoms with Gasteiger partial charge < -0.3 is 9.47 Å².